The van der Waals surface area contributed by atoms with Crippen molar-refractivity contribution in [1.82, 2.24) is 10.2 Å². The van der Waals surface area contributed by atoms with Crippen LogP contribution in [0, 0.1) is 0 Å². The monoisotopic (exact) mass is 238 g/mol. The maximum absolute atomic E-state index is 11.6. The van der Waals surface area contributed by atoms with E-state index < -0.39 is 0 Å². The maximum Gasteiger partial charge on any atom is 0.247 e. The molecule has 4 nitrogen and oxygen atoms in total. The number of hydrogen-bond donors (Lipinski definition) is 1. The van der Waals surface area contributed by atoms with Gasteiger partial charge in [-0.25, -0.2) is 0 Å². The Morgan fingerprint density at radius 3 is 2.35 bits per heavy atom. The maximum atomic E-state index is 11.6. The normalized spacial score (nSPS) is 11.5. The Hall–Kier alpha value is -1.42. The first-order chi connectivity index (χ1) is 7.84. The third kappa shape index (κ3) is 7.47. The molecule has 0 rings (SSSR count). The molecule has 0 spiro atoms. The summed E-state index contributed by atoms with van der Waals surface area (Å²) in [5.41, 5.74) is 0.854. The molecule has 0 aromatic carbocycles. The summed E-state index contributed by atoms with van der Waals surface area (Å²) in [5, 5.41) is 2.77. The SMILES string of the molecule is C=C(C)C(=O)C=C(C)C(=O)NCCC[N+](C)C. The van der Waals surface area contributed by atoms with E-state index in [2.05, 4.69) is 16.8 Å². The predicted octanol–water partition coefficient (Wildman–Crippen LogP) is 0.984. The van der Waals surface area contributed by atoms with Crippen molar-refractivity contribution in [3.8, 4) is 0 Å². The van der Waals surface area contributed by atoms with E-state index in [0.717, 1.165) is 13.0 Å². The number of rotatable bonds is 7. The van der Waals surface area contributed by atoms with Gasteiger partial charge in [0.1, 0.15) is 20.6 Å². The van der Waals surface area contributed by atoms with Gasteiger partial charge in [0.25, 0.3) is 0 Å². The van der Waals surface area contributed by atoms with E-state index in [9.17, 15) is 9.59 Å². The molecular formula is C13H22N2O2+. The zero-order valence-electron chi connectivity index (χ0n) is 11.2. The summed E-state index contributed by atoms with van der Waals surface area (Å²) in [6.07, 6.45) is 2.21. The minimum atomic E-state index is -0.203. The van der Waals surface area contributed by atoms with E-state index >= 15 is 0 Å². The van der Waals surface area contributed by atoms with E-state index in [0.29, 0.717) is 17.7 Å². The molecule has 1 N–H and O–H groups in total. The molecule has 0 aromatic rings. The molecule has 1 radical (unpaired) electrons. The van der Waals surface area contributed by atoms with E-state index in [1.54, 1.807) is 13.8 Å². The molecule has 0 aliphatic heterocycles. The molecule has 0 fully saturated rings. The van der Waals surface area contributed by atoms with E-state index in [1.807, 2.05) is 14.1 Å². The number of nitrogens with one attached hydrogen (secondary N) is 1. The van der Waals surface area contributed by atoms with Crippen LogP contribution >= 0.6 is 0 Å². The largest absolute Gasteiger partial charge is 0.352 e. The summed E-state index contributed by atoms with van der Waals surface area (Å²) in [6.45, 7) is 8.32. The van der Waals surface area contributed by atoms with Gasteiger partial charge in [-0.05, 0) is 25.5 Å². The van der Waals surface area contributed by atoms with Crippen LogP contribution in [0.25, 0.3) is 0 Å². The molecular weight excluding hydrogens is 216 g/mol. The Balaban J connectivity index is 4.06. The van der Waals surface area contributed by atoms with Crippen LogP contribution in [0.5, 0.6) is 0 Å². The highest BCUT2D eigenvalue weighted by Crippen LogP contribution is 1.98. The lowest BCUT2D eigenvalue weighted by Gasteiger charge is -2.05. The van der Waals surface area contributed by atoms with Gasteiger partial charge in [-0.2, -0.15) is 4.90 Å². The average molecular weight is 238 g/mol. The molecule has 17 heavy (non-hydrogen) atoms. The van der Waals surface area contributed by atoms with E-state index in [-0.39, 0.29) is 11.7 Å². The van der Waals surface area contributed by atoms with Gasteiger partial charge in [0.2, 0.25) is 5.91 Å². The smallest absolute Gasteiger partial charge is 0.247 e. The van der Waals surface area contributed by atoms with E-state index in [4.69, 9.17) is 0 Å². The minimum absolute atomic E-state index is 0.196. The zero-order chi connectivity index (χ0) is 13.4. The number of carbonyl (C=O) groups excluding carboxylic acids is 2. The molecule has 0 aliphatic rings. The van der Waals surface area contributed by atoms with Crippen LogP contribution in [0.3, 0.4) is 0 Å². The zero-order valence-corrected chi connectivity index (χ0v) is 11.2. The summed E-state index contributed by atoms with van der Waals surface area (Å²) < 4.78 is 0. The number of carbonyl (C=O) groups is 2. The Labute approximate surface area is 103 Å². The number of allylic oxidation sites excluding steroid dienone is 2. The lowest BCUT2D eigenvalue weighted by molar-refractivity contribution is -0.118. The van der Waals surface area contributed by atoms with Crippen molar-refractivity contribution in [3.05, 3.63) is 23.8 Å². The summed E-state index contributed by atoms with van der Waals surface area (Å²) in [6, 6.07) is 0. The first-order valence-electron chi connectivity index (χ1n) is 5.65. The second-order valence-electron chi connectivity index (χ2n) is 4.38. The second kappa shape index (κ2) is 7.79. The molecule has 0 aromatic heterocycles. The van der Waals surface area contributed by atoms with E-state index in [1.165, 1.54) is 6.08 Å². The Morgan fingerprint density at radius 2 is 1.88 bits per heavy atom. The molecule has 0 unspecified atom stereocenters. The van der Waals surface area contributed by atoms with Gasteiger partial charge in [-0.15, -0.1) is 0 Å². The molecule has 0 saturated heterocycles. The van der Waals surface area contributed by atoms with Crippen molar-refractivity contribution < 1.29 is 9.59 Å². The summed E-state index contributed by atoms with van der Waals surface area (Å²) in [4.78, 5) is 24.9. The first-order valence-corrected chi connectivity index (χ1v) is 5.65. The quantitative estimate of drug-likeness (QED) is 0.408. The number of nitrogens with zero attached hydrogens (tertiary/aromatic N) is 1. The molecule has 0 bridgehead atoms. The third-order valence-corrected chi connectivity index (χ3v) is 2.19. The van der Waals surface area contributed by atoms with Crippen LogP contribution in [-0.2, 0) is 9.59 Å². The van der Waals surface area contributed by atoms with Crippen LogP contribution in [-0.4, -0.2) is 38.9 Å². The topological polar surface area (TPSA) is 52.1 Å². The van der Waals surface area contributed by atoms with Crippen LogP contribution < -0.4 is 10.2 Å². The lowest BCUT2D eigenvalue weighted by atomic mass is 10.1. The van der Waals surface area contributed by atoms with Gasteiger partial charge < -0.3 is 5.32 Å². The summed E-state index contributed by atoms with van der Waals surface area (Å²) >= 11 is 0. The summed E-state index contributed by atoms with van der Waals surface area (Å²) in [7, 11) is 3.97. The summed E-state index contributed by atoms with van der Waals surface area (Å²) in [5.74, 6) is -0.399. The van der Waals surface area contributed by atoms with Crippen molar-refractivity contribution in [1.29, 1.82) is 0 Å². The highest BCUT2D eigenvalue weighted by atomic mass is 16.2. The molecule has 95 valence electrons. The number of hydrogen-bond acceptors (Lipinski definition) is 3. The van der Waals surface area contributed by atoms with Gasteiger partial charge >= 0.3 is 0 Å². The number of ketones is 1. The fourth-order valence-corrected chi connectivity index (χ4v) is 1.12. The fourth-order valence-electron chi connectivity index (χ4n) is 1.12. The van der Waals surface area contributed by atoms with Crippen molar-refractivity contribution in [2.75, 3.05) is 27.2 Å². The lowest BCUT2D eigenvalue weighted by Crippen LogP contribution is -2.29. The predicted molar refractivity (Wildman–Crippen MR) is 70.1 cm³/mol. The Morgan fingerprint density at radius 1 is 1.29 bits per heavy atom. The molecule has 0 atom stereocenters. The fraction of sp³-hybridized carbons (Fsp3) is 0.538. The minimum Gasteiger partial charge on any atom is -0.352 e. The first kappa shape index (κ1) is 15.6. The Kier molecular flexibility index (Phi) is 7.14. The van der Waals surface area contributed by atoms with Gasteiger partial charge in [0, 0.05) is 18.5 Å². The van der Waals surface area contributed by atoms with Gasteiger partial charge in [0.05, 0.1) is 0 Å². The van der Waals surface area contributed by atoms with Gasteiger partial charge in [-0.1, -0.05) is 6.58 Å². The molecule has 0 heterocycles. The van der Waals surface area contributed by atoms with Gasteiger partial charge in [0.15, 0.2) is 5.78 Å². The highest BCUT2D eigenvalue weighted by Gasteiger charge is 2.07. The van der Waals surface area contributed by atoms with Crippen LogP contribution in [0.1, 0.15) is 20.3 Å². The highest BCUT2D eigenvalue weighted by molar-refractivity contribution is 6.08. The van der Waals surface area contributed by atoms with Crippen molar-refractivity contribution >= 4 is 11.7 Å². The molecule has 1 amide bonds. The molecule has 0 aliphatic carbocycles. The number of amides is 1. The van der Waals surface area contributed by atoms with Crippen LogP contribution in [0.15, 0.2) is 23.8 Å². The van der Waals surface area contributed by atoms with Crippen molar-refractivity contribution in [2.45, 2.75) is 20.3 Å². The Bertz CT molecular complexity index is 330. The van der Waals surface area contributed by atoms with Crippen LogP contribution in [0.4, 0.5) is 0 Å². The van der Waals surface area contributed by atoms with Crippen LogP contribution in [0.2, 0.25) is 0 Å². The standard InChI is InChI=1S/C13H22N2O2/c1-10(2)12(16)9-11(3)13(17)14-7-6-8-15(4)5/h9H,1,6-8H2,2-5H3,(H,14,17)/q+1. The average Bonchev–Trinajstić information content (AvgIpc) is 2.23. The van der Waals surface area contributed by atoms with Crippen molar-refractivity contribution in [2.24, 2.45) is 0 Å². The van der Waals surface area contributed by atoms with Gasteiger partial charge in [-0.3, -0.25) is 9.59 Å². The third-order valence-electron chi connectivity index (χ3n) is 2.19. The second-order valence-corrected chi connectivity index (χ2v) is 4.38. The van der Waals surface area contributed by atoms with Crippen molar-refractivity contribution in [3.63, 3.8) is 0 Å². The molecule has 0 saturated carbocycles. The molecule has 4 heteroatoms.